The van der Waals surface area contributed by atoms with Crippen molar-refractivity contribution in [3.8, 4) is 52.8 Å². The van der Waals surface area contributed by atoms with Gasteiger partial charge in [0, 0.05) is 16.7 Å². The number of rotatable bonds is 3. The fraction of sp³-hybridized carbons (Fsp3) is 0.0968. The molecule has 6 heteroatoms. The summed E-state index contributed by atoms with van der Waals surface area (Å²) in [6, 6.07) is 22.2. The normalized spacial score (nSPS) is 9.51. The molecule has 0 fully saturated rings. The Morgan fingerprint density at radius 1 is 0.541 bits per heavy atom. The van der Waals surface area contributed by atoms with Gasteiger partial charge < -0.3 is 14.2 Å². The highest BCUT2D eigenvalue weighted by atomic mass is 35.5. The molecule has 5 nitrogen and oxygen atoms in total. The maximum Gasteiger partial charge on any atom is 0.207 e. The summed E-state index contributed by atoms with van der Waals surface area (Å²) in [4.78, 5) is 8.98. The lowest BCUT2D eigenvalue weighted by Crippen LogP contribution is -1.99. The third-order valence-corrected chi connectivity index (χ3v) is 5.39. The molecule has 4 aromatic rings. The van der Waals surface area contributed by atoms with E-state index in [2.05, 4.69) is 45.5 Å². The number of hydrogen-bond acceptors (Lipinski definition) is 5. The standard InChI is InChI=1S/C31H21ClN2O3/c1-35-25-10-4-7-22(19-25)13-16-28-31(32)29(17-14-23-8-5-11-26(20-23)36-2)34-30(33-28)18-15-24-9-6-12-27(21-24)37-3/h4-12,19-21H,1-3H3. The van der Waals surface area contributed by atoms with Crippen LogP contribution in [0.25, 0.3) is 0 Å². The van der Waals surface area contributed by atoms with E-state index in [1.165, 1.54) is 0 Å². The SMILES string of the molecule is COc1cccc(C#Cc2nc(C#Cc3cccc(OC)c3)c(Cl)c(C#Cc3cccc(OC)c3)n2)c1. The van der Waals surface area contributed by atoms with Gasteiger partial charge in [0.25, 0.3) is 0 Å². The maximum atomic E-state index is 6.64. The third kappa shape index (κ3) is 6.83. The highest BCUT2D eigenvalue weighted by Crippen LogP contribution is 2.19. The van der Waals surface area contributed by atoms with Crippen LogP contribution in [0.15, 0.2) is 72.8 Å². The fourth-order valence-electron chi connectivity index (χ4n) is 3.16. The minimum Gasteiger partial charge on any atom is -0.497 e. The summed E-state index contributed by atoms with van der Waals surface area (Å²) in [6.45, 7) is 0. The molecule has 0 saturated heterocycles. The highest BCUT2D eigenvalue weighted by Gasteiger charge is 2.09. The van der Waals surface area contributed by atoms with E-state index < -0.39 is 0 Å². The van der Waals surface area contributed by atoms with Crippen LogP contribution in [0, 0.1) is 35.5 Å². The second-order valence-corrected chi connectivity index (χ2v) is 7.88. The number of nitrogens with zero attached hydrogens (tertiary/aromatic N) is 2. The molecule has 180 valence electrons. The zero-order chi connectivity index (χ0) is 26.0. The van der Waals surface area contributed by atoms with E-state index in [9.17, 15) is 0 Å². The zero-order valence-corrected chi connectivity index (χ0v) is 21.2. The van der Waals surface area contributed by atoms with Gasteiger partial charge >= 0.3 is 0 Å². The minimum atomic E-state index is 0.247. The van der Waals surface area contributed by atoms with Crippen molar-refractivity contribution < 1.29 is 14.2 Å². The van der Waals surface area contributed by atoms with Crippen molar-refractivity contribution in [3.63, 3.8) is 0 Å². The van der Waals surface area contributed by atoms with Crippen molar-refractivity contribution in [2.24, 2.45) is 0 Å². The Bertz CT molecular complexity index is 1540. The Morgan fingerprint density at radius 3 is 1.30 bits per heavy atom. The van der Waals surface area contributed by atoms with Crippen LogP contribution in [0.4, 0.5) is 0 Å². The van der Waals surface area contributed by atoms with Crippen molar-refractivity contribution in [3.05, 3.63) is 112 Å². The van der Waals surface area contributed by atoms with Crippen LogP contribution in [-0.2, 0) is 0 Å². The van der Waals surface area contributed by atoms with Gasteiger partial charge in [0.05, 0.1) is 21.3 Å². The Kier molecular flexibility index (Phi) is 8.30. The number of methoxy groups -OCH3 is 3. The summed E-state index contributed by atoms with van der Waals surface area (Å²) in [6.07, 6.45) is 0. The first kappa shape index (κ1) is 25.2. The Balaban J connectivity index is 1.78. The quantitative estimate of drug-likeness (QED) is 0.352. The van der Waals surface area contributed by atoms with Crippen LogP contribution in [0.2, 0.25) is 5.02 Å². The van der Waals surface area contributed by atoms with Crippen molar-refractivity contribution in [2.45, 2.75) is 0 Å². The monoisotopic (exact) mass is 504 g/mol. The van der Waals surface area contributed by atoms with Gasteiger partial charge in [0.2, 0.25) is 5.82 Å². The van der Waals surface area contributed by atoms with Gasteiger partial charge in [-0.2, -0.15) is 0 Å². The molecule has 3 aromatic carbocycles. The molecule has 0 spiro atoms. The molecule has 1 heterocycles. The second-order valence-electron chi connectivity index (χ2n) is 7.50. The Labute approximate surface area is 221 Å². The average molecular weight is 505 g/mol. The lowest BCUT2D eigenvalue weighted by Gasteiger charge is -2.02. The van der Waals surface area contributed by atoms with Gasteiger partial charge in [0.15, 0.2) is 0 Å². The molecule has 0 aliphatic rings. The van der Waals surface area contributed by atoms with Gasteiger partial charge in [-0.3, -0.25) is 0 Å². The van der Waals surface area contributed by atoms with Crippen molar-refractivity contribution in [1.82, 2.24) is 9.97 Å². The molecule has 0 bridgehead atoms. The van der Waals surface area contributed by atoms with Crippen LogP contribution >= 0.6 is 11.6 Å². The summed E-state index contributed by atoms with van der Waals surface area (Å²) in [5.41, 5.74) is 2.91. The second kappa shape index (κ2) is 12.2. The smallest absolute Gasteiger partial charge is 0.207 e. The van der Waals surface area contributed by atoms with E-state index in [1.807, 2.05) is 72.8 Å². The van der Waals surface area contributed by atoms with Gasteiger partial charge in [-0.25, -0.2) is 9.97 Å². The molecular weight excluding hydrogens is 484 g/mol. The Hall–Kier alpha value is -4.89. The topological polar surface area (TPSA) is 53.5 Å². The van der Waals surface area contributed by atoms with E-state index in [0.717, 1.165) is 16.7 Å². The third-order valence-electron chi connectivity index (χ3n) is 5.03. The molecule has 0 aliphatic heterocycles. The van der Waals surface area contributed by atoms with Crippen LogP contribution in [0.1, 0.15) is 33.9 Å². The van der Waals surface area contributed by atoms with E-state index in [-0.39, 0.29) is 10.8 Å². The fourth-order valence-corrected chi connectivity index (χ4v) is 3.34. The number of halogens is 1. The van der Waals surface area contributed by atoms with Crippen LogP contribution in [-0.4, -0.2) is 31.3 Å². The number of aromatic nitrogens is 2. The number of hydrogen-bond donors (Lipinski definition) is 0. The number of benzene rings is 3. The largest absolute Gasteiger partial charge is 0.497 e. The van der Waals surface area contributed by atoms with Gasteiger partial charge in [-0.15, -0.1) is 0 Å². The summed E-state index contributed by atoms with van der Waals surface area (Å²) < 4.78 is 15.8. The average Bonchev–Trinajstić information content (AvgIpc) is 2.95. The van der Waals surface area contributed by atoms with E-state index in [4.69, 9.17) is 25.8 Å². The van der Waals surface area contributed by atoms with Gasteiger partial charge in [-0.1, -0.05) is 47.6 Å². The predicted octanol–water partition coefficient (Wildman–Crippen LogP) is 5.36. The molecule has 1 aromatic heterocycles. The lowest BCUT2D eigenvalue weighted by atomic mass is 10.2. The van der Waals surface area contributed by atoms with Gasteiger partial charge in [0.1, 0.15) is 33.7 Å². The Morgan fingerprint density at radius 2 is 0.919 bits per heavy atom. The molecule has 0 amide bonds. The summed E-state index contributed by atoms with van der Waals surface area (Å²) in [5, 5.41) is 0.248. The zero-order valence-electron chi connectivity index (χ0n) is 20.4. The molecule has 37 heavy (non-hydrogen) atoms. The molecule has 0 N–H and O–H groups in total. The van der Waals surface area contributed by atoms with Crippen LogP contribution < -0.4 is 14.2 Å². The van der Waals surface area contributed by atoms with E-state index in [0.29, 0.717) is 28.6 Å². The van der Waals surface area contributed by atoms with Crippen molar-refractivity contribution in [1.29, 1.82) is 0 Å². The van der Waals surface area contributed by atoms with Crippen molar-refractivity contribution in [2.75, 3.05) is 21.3 Å². The van der Waals surface area contributed by atoms with Crippen LogP contribution in [0.3, 0.4) is 0 Å². The maximum absolute atomic E-state index is 6.64. The molecule has 0 saturated carbocycles. The molecule has 0 atom stereocenters. The number of ether oxygens (including phenoxy) is 3. The summed E-state index contributed by atoms with van der Waals surface area (Å²) in [7, 11) is 4.82. The molecule has 4 rings (SSSR count). The highest BCUT2D eigenvalue weighted by molar-refractivity contribution is 6.32. The molecule has 0 aliphatic carbocycles. The van der Waals surface area contributed by atoms with E-state index in [1.54, 1.807) is 21.3 Å². The lowest BCUT2D eigenvalue weighted by molar-refractivity contribution is 0.414. The summed E-state index contributed by atoms with van der Waals surface area (Å²) in [5.74, 6) is 20.6. The first-order chi connectivity index (χ1) is 18.1. The van der Waals surface area contributed by atoms with Gasteiger partial charge in [-0.05, 0) is 72.4 Å². The molecule has 0 unspecified atom stereocenters. The summed E-state index contributed by atoms with van der Waals surface area (Å²) >= 11 is 6.64. The van der Waals surface area contributed by atoms with Crippen molar-refractivity contribution >= 4 is 11.6 Å². The van der Waals surface area contributed by atoms with E-state index >= 15 is 0 Å². The molecule has 0 radical (unpaired) electrons. The van der Waals surface area contributed by atoms with Crippen LogP contribution in [0.5, 0.6) is 17.2 Å². The first-order valence-corrected chi connectivity index (χ1v) is 11.5. The first-order valence-electron chi connectivity index (χ1n) is 11.1. The molecular formula is C31H21ClN2O3. The minimum absolute atomic E-state index is 0.247. The predicted molar refractivity (Wildman–Crippen MR) is 144 cm³/mol.